The van der Waals surface area contributed by atoms with Crippen LogP contribution in [0.1, 0.15) is 5.56 Å². The van der Waals surface area contributed by atoms with Crippen LogP contribution in [0, 0.1) is 0 Å². The number of anilines is 1. The maximum absolute atomic E-state index is 12.1. The van der Waals surface area contributed by atoms with Crippen molar-refractivity contribution in [3.05, 3.63) is 60.2 Å². The molecule has 0 spiro atoms. The summed E-state index contributed by atoms with van der Waals surface area (Å²) < 4.78 is 30.3. The minimum absolute atomic E-state index is 0.287. The molecule has 0 atom stereocenters. The third-order valence-electron chi connectivity index (χ3n) is 3.24. The van der Waals surface area contributed by atoms with Crippen molar-refractivity contribution in [1.82, 2.24) is 5.43 Å². The third kappa shape index (κ3) is 5.32. The first-order chi connectivity index (χ1) is 11.9. The van der Waals surface area contributed by atoms with Crippen LogP contribution in [0.5, 0.6) is 5.75 Å². The first-order valence-electron chi connectivity index (χ1n) is 7.39. The highest BCUT2D eigenvalue weighted by Crippen LogP contribution is 2.29. The summed E-state index contributed by atoms with van der Waals surface area (Å²) in [5, 5.41) is 3.84. The first kappa shape index (κ1) is 18.5. The Hall–Kier alpha value is -2.87. The van der Waals surface area contributed by atoms with Crippen molar-refractivity contribution in [1.29, 1.82) is 0 Å². The van der Waals surface area contributed by atoms with Crippen LogP contribution in [0.2, 0.25) is 0 Å². The van der Waals surface area contributed by atoms with E-state index >= 15 is 0 Å². The zero-order valence-corrected chi connectivity index (χ0v) is 14.7. The Morgan fingerprint density at radius 2 is 1.80 bits per heavy atom. The summed E-state index contributed by atoms with van der Waals surface area (Å²) in [6, 6.07) is 15.8. The predicted octanol–water partition coefficient (Wildman–Crippen LogP) is 1.61. The van der Waals surface area contributed by atoms with Crippen molar-refractivity contribution in [2.75, 3.05) is 24.2 Å². The number of sulfonamides is 1. The molecule has 0 saturated heterocycles. The topological polar surface area (TPSA) is 88.1 Å². The van der Waals surface area contributed by atoms with E-state index in [1.54, 1.807) is 24.3 Å². The second-order valence-corrected chi connectivity index (χ2v) is 7.05. The molecule has 0 aliphatic carbocycles. The van der Waals surface area contributed by atoms with Gasteiger partial charge >= 0.3 is 0 Å². The maximum atomic E-state index is 12.1. The molecule has 0 aliphatic rings. The molecule has 0 radical (unpaired) electrons. The molecule has 7 nitrogen and oxygen atoms in total. The number of hydrazone groups is 1. The van der Waals surface area contributed by atoms with Gasteiger partial charge in [-0.25, -0.2) is 13.8 Å². The summed E-state index contributed by atoms with van der Waals surface area (Å²) in [6.07, 6.45) is 2.51. The van der Waals surface area contributed by atoms with Gasteiger partial charge in [0.25, 0.3) is 5.91 Å². The average molecular weight is 361 g/mol. The van der Waals surface area contributed by atoms with Crippen LogP contribution >= 0.6 is 0 Å². The Bertz CT molecular complexity index is 851. The van der Waals surface area contributed by atoms with E-state index in [2.05, 4.69) is 10.5 Å². The van der Waals surface area contributed by atoms with Gasteiger partial charge in [0.2, 0.25) is 10.0 Å². The number of benzene rings is 2. The van der Waals surface area contributed by atoms with E-state index < -0.39 is 22.5 Å². The molecule has 0 aliphatic heterocycles. The predicted molar refractivity (Wildman–Crippen MR) is 97.4 cm³/mol. The van der Waals surface area contributed by atoms with Crippen LogP contribution in [0.15, 0.2) is 59.7 Å². The number of nitrogens with one attached hydrogen (secondary N) is 1. The lowest BCUT2D eigenvalue weighted by Gasteiger charge is -2.23. The number of hydrogen-bond donors (Lipinski definition) is 1. The minimum atomic E-state index is -3.68. The second-order valence-electron chi connectivity index (χ2n) is 5.15. The molecule has 2 rings (SSSR count). The lowest BCUT2D eigenvalue weighted by Crippen LogP contribution is -2.39. The molecule has 132 valence electrons. The van der Waals surface area contributed by atoms with Gasteiger partial charge in [0, 0.05) is 0 Å². The molecule has 8 heteroatoms. The lowest BCUT2D eigenvalue weighted by atomic mass is 10.2. The highest BCUT2D eigenvalue weighted by atomic mass is 32.2. The molecule has 0 heterocycles. The van der Waals surface area contributed by atoms with Crippen LogP contribution < -0.4 is 14.5 Å². The largest absolute Gasteiger partial charge is 0.495 e. The van der Waals surface area contributed by atoms with Crippen LogP contribution in [0.25, 0.3) is 0 Å². The van der Waals surface area contributed by atoms with E-state index in [-0.39, 0.29) is 5.69 Å². The highest BCUT2D eigenvalue weighted by molar-refractivity contribution is 7.92. The summed E-state index contributed by atoms with van der Waals surface area (Å²) in [5.74, 6) is -0.211. The second kappa shape index (κ2) is 8.29. The third-order valence-corrected chi connectivity index (χ3v) is 4.37. The number of carbonyl (C=O) groups is 1. The quantitative estimate of drug-likeness (QED) is 0.599. The fourth-order valence-electron chi connectivity index (χ4n) is 2.10. The van der Waals surface area contributed by atoms with E-state index in [1.807, 2.05) is 30.3 Å². The van der Waals surface area contributed by atoms with Crippen LogP contribution in [-0.4, -0.2) is 40.4 Å². The van der Waals surface area contributed by atoms with E-state index in [9.17, 15) is 13.2 Å². The number of rotatable bonds is 7. The van der Waals surface area contributed by atoms with Gasteiger partial charge in [-0.05, 0) is 17.7 Å². The molecule has 0 fully saturated rings. The summed E-state index contributed by atoms with van der Waals surface area (Å²) in [5.41, 5.74) is 3.42. The number of hydrogen-bond acceptors (Lipinski definition) is 5. The van der Waals surface area contributed by atoms with E-state index in [0.717, 1.165) is 16.1 Å². The van der Waals surface area contributed by atoms with Gasteiger partial charge < -0.3 is 4.74 Å². The van der Waals surface area contributed by atoms with Gasteiger partial charge in [-0.3, -0.25) is 9.10 Å². The lowest BCUT2D eigenvalue weighted by molar-refractivity contribution is -0.119. The maximum Gasteiger partial charge on any atom is 0.260 e. The van der Waals surface area contributed by atoms with Crippen LogP contribution in [0.4, 0.5) is 5.69 Å². The summed E-state index contributed by atoms with van der Waals surface area (Å²) in [4.78, 5) is 12.1. The first-order valence-corrected chi connectivity index (χ1v) is 9.24. The molecule has 25 heavy (non-hydrogen) atoms. The molecule has 2 aromatic rings. The van der Waals surface area contributed by atoms with E-state index in [1.165, 1.54) is 13.3 Å². The summed E-state index contributed by atoms with van der Waals surface area (Å²) in [7, 11) is -2.25. The number of nitrogens with zero attached hydrogens (tertiary/aromatic N) is 2. The van der Waals surface area contributed by atoms with Crippen LogP contribution in [-0.2, 0) is 14.8 Å². The number of carbonyl (C=O) groups excluding carboxylic acids is 1. The summed E-state index contributed by atoms with van der Waals surface area (Å²) >= 11 is 0. The van der Waals surface area contributed by atoms with Gasteiger partial charge in [-0.1, -0.05) is 42.5 Å². The summed E-state index contributed by atoms with van der Waals surface area (Å²) in [6.45, 7) is -0.411. The van der Waals surface area contributed by atoms with Gasteiger partial charge in [0.1, 0.15) is 12.3 Å². The SMILES string of the molecule is COc1ccccc1N(CC(=O)N/N=C\c1ccccc1)S(C)(=O)=O. The van der Waals surface area contributed by atoms with Crippen LogP contribution in [0.3, 0.4) is 0 Å². The zero-order valence-electron chi connectivity index (χ0n) is 13.9. The standard InChI is InChI=1S/C17H19N3O4S/c1-24-16-11-7-6-10-15(16)20(25(2,22)23)13-17(21)19-18-12-14-8-4-3-5-9-14/h3-12H,13H2,1-2H3,(H,19,21)/b18-12-. The fourth-order valence-corrected chi connectivity index (χ4v) is 2.96. The molecule has 1 N–H and O–H groups in total. The fraction of sp³-hybridized carbons (Fsp3) is 0.176. The zero-order chi connectivity index (χ0) is 18.3. The van der Waals surface area contributed by atoms with Crippen molar-refractivity contribution in [2.45, 2.75) is 0 Å². The normalized spacial score (nSPS) is 11.3. The van der Waals surface area contributed by atoms with Gasteiger partial charge in [-0.15, -0.1) is 0 Å². The smallest absolute Gasteiger partial charge is 0.260 e. The Morgan fingerprint density at radius 3 is 2.44 bits per heavy atom. The van der Waals surface area contributed by atoms with Crippen molar-refractivity contribution in [3.63, 3.8) is 0 Å². The van der Waals surface area contributed by atoms with E-state index in [0.29, 0.717) is 5.75 Å². The molecular formula is C17H19N3O4S. The van der Waals surface area contributed by atoms with Crippen molar-refractivity contribution in [3.8, 4) is 5.75 Å². The molecule has 2 aromatic carbocycles. The number of amides is 1. The molecule has 0 aromatic heterocycles. The minimum Gasteiger partial charge on any atom is -0.495 e. The average Bonchev–Trinajstić information content (AvgIpc) is 2.59. The number of methoxy groups -OCH3 is 1. The number of ether oxygens (including phenoxy) is 1. The molecule has 0 saturated carbocycles. The number of para-hydroxylation sites is 2. The molecule has 0 unspecified atom stereocenters. The monoisotopic (exact) mass is 361 g/mol. The molecule has 1 amide bonds. The van der Waals surface area contributed by atoms with E-state index in [4.69, 9.17) is 4.74 Å². The Morgan fingerprint density at radius 1 is 1.16 bits per heavy atom. The van der Waals surface area contributed by atoms with Crippen molar-refractivity contribution >= 4 is 27.8 Å². The highest BCUT2D eigenvalue weighted by Gasteiger charge is 2.23. The van der Waals surface area contributed by atoms with Gasteiger partial charge in [-0.2, -0.15) is 5.10 Å². The van der Waals surface area contributed by atoms with Gasteiger partial charge in [0.15, 0.2) is 0 Å². The molecule has 0 bridgehead atoms. The van der Waals surface area contributed by atoms with Crippen molar-refractivity contribution < 1.29 is 17.9 Å². The van der Waals surface area contributed by atoms with Crippen molar-refractivity contribution in [2.24, 2.45) is 5.10 Å². The molecular weight excluding hydrogens is 342 g/mol. The Labute approximate surface area is 147 Å². The van der Waals surface area contributed by atoms with Gasteiger partial charge in [0.05, 0.1) is 25.3 Å². The Kier molecular flexibility index (Phi) is 6.13. The Balaban J connectivity index is 2.12.